The van der Waals surface area contributed by atoms with E-state index in [1.165, 1.54) is 43.2 Å². The van der Waals surface area contributed by atoms with Crippen LogP contribution in [0.2, 0.25) is 0 Å². The quantitative estimate of drug-likeness (QED) is 0.444. The van der Waals surface area contributed by atoms with Gasteiger partial charge in [-0.2, -0.15) is 0 Å². The van der Waals surface area contributed by atoms with E-state index in [1.807, 2.05) is 0 Å². The molecule has 118 valence electrons. The molecule has 0 saturated carbocycles. The fraction of sp³-hybridized carbons (Fsp3) is 0.400. The van der Waals surface area contributed by atoms with E-state index < -0.39 is 0 Å². The van der Waals surface area contributed by atoms with Crippen LogP contribution < -0.4 is 4.74 Å². The number of hydrogen-bond acceptors (Lipinski definition) is 1. The molecular weight excluding hydrogens is 336 g/mol. The Labute approximate surface area is 142 Å². The number of ether oxygens (including phenoxy) is 1. The van der Waals surface area contributed by atoms with Gasteiger partial charge in [0.1, 0.15) is 5.75 Å². The lowest BCUT2D eigenvalue weighted by molar-refractivity contribution is 0.304. The zero-order valence-electron chi connectivity index (χ0n) is 13.4. The van der Waals surface area contributed by atoms with Gasteiger partial charge in [-0.05, 0) is 41.8 Å². The van der Waals surface area contributed by atoms with Gasteiger partial charge in [-0.25, -0.2) is 0 Å². The summed E-state index contributed by atoms with van der Waals surface area (Å²) >= 11 is 3.46. The van der Waals surface area contributed by atoms with Gasteiger partial charge in [-0.3, -0.25) is 0 Å². The van der Waals surface area contributed by atoms with Crippen LogP contribution in [0.4, 0.5) is 0 Å². The molecule has 0 radical (unpaired) electrons. The first-order valence-electron chi connectivity index (χ1n) is 8.28. The lowest BCUT2D eigenvalue weighted by Gasteiger charge is -2.07. The van der Waals surface area contributed by atoms with E-state index in [4.69, 9.17) is 4.74 Å². The van der Waals surface area contributed by atoms with Crippen molar-refractivity contribution < 1.29 is 4.74 Å². The van der Waals surface area contributed by atoms with Gasteiger partial charge in [0.2, 0.25) is 0 Å². The van der Waals surface area contributed by atoms with Crippen molar-refractivity contribution in [3.05, 3.63) is 53.0 Å². The SMILES string of the molecule is CCCCCCCCOc1ccc(-c2ccc(Br)cc2)cc1. The van der Waals surface area contributed by atoms with Crippen LogP contribution in [-0.2, 0) is 0 Å². The minimum absolute atomic E-state index is 0.823. The molecular formula is C20H25BrO. The molecule has 2 aromatic rings. The summed E-state index contributed by atoms with van der Waals surface area (Å²) in [4.78, 5) is 0. The minimum atomic E-state index is 0.823. The van der Waals surface area contributed by atoms with E-state index in [0.717, 1.165) is 23.2 Å². The highest BCUT2D eigenvalue weighted by molar-refractivity contribution is 9.10. The van der Waals surface area contributed by atoms with Gasteiger partial charge in [0.15, 0.2) is 0 Å². The topological polar surface area (TPSA) is 9.23 Å². The highest BCUT2D eigenvalue weighted by atomic mass is 79.9. The molecule has 0 aliphatic carbocycles. The first-order valence-corrected chi connectivity index (χ1v) is 9.07. The summed E-state index contributed by atoms with van der Waals surface area (Å²) < 4.78 is 6.92. The Morgan fingerprint density at radius 3 is 1.91 bits per heavy atom. The van der Waals surface area contributed by atoms with Crippen molar-refractivity contribution in [1.29, 1.82) is 0 Å². The molecule has 0 fully saturated rings. The van der Waals surface area contributed by atoms with E-state index in [-0.39, 0.29) is 0 Å². The number of unbranched alkanes of at least 4 members (excludes halogenated alkanes) is 5. The molecule has 2 heteroatoms. The third-order valence-corrected chi connectivity index (χ3v) is 4.33. The third-order valence-electron chi connectivity index (χ3n) is 3.80. The second-order valence-electron chi connectivity index (χ2n) is 5.65. The average Bonchev–Trinajstić information content (AvgIpc) is 2.55. The average molecular weight is 361 g/mol. The Morgan fingerprint density at radius 1 is 0.727 bits per heavy atom. The molecule has 0 aliphatic rings. The predicted molar refractivity (Wildman–Crippen MR) is 98.4 cm³/mol. The Kier molecular flexibility index (Phi) is 7.51. The Hall–Kier alpha value is -1.28. The summed E-state index contributed by atoms with van der Waals surface area (Å²) in [7, 11) is 0. The summed E-state index contributed by atoms with van der Waals surface area (Å²) in [6, 6.07) is 16.8. The van der Waals surface area contributed by atoms with Crippen LogP contribution in [0.1, 0.15) is 45.4 Å². The fourth-order valence-electron chi connectivity index (χ4n) is 2.46. The van der Waals surface area contributed by atoms with Crippen LogP contribution in [-0.4, -0.2) is 6.61 Å². The summed E-state index contributed by atoms with van der Waals surface area (Å²) in [6.45, 7) is 3.07. The van der Waals surface area contributed by atoms with Crippen molar-refractivity contribution in [1.82, 2.24) is 0 Å². The normalized spacial score (nSPS) is 10.6. The maximum absolute atomic E-state index is 5.82. The van der Waals surface area contributed by atoms with Gasteiger partial charge >= 0.3 is 0 Å². The van der Waals surface area contributed by atoms with Crippen molar-refractivity contribution in [2.75, 3.05) is 6.61 Å². The maximum Gasteiger partial charge on any atom is 0.119 e. The second kappa shape index (κ2) is 9.68. The molecule has 0 bridgehead atoms. The summed E-state index contributed by atoms with van der Waals surface area (Å²) in [5.74, 6) is 0.967. The smallest absolute Gasteiger partial charge is 0.119 e. The second-order valence-corrected chi connectivity index (χ2v) is 6.56. The van der Waals surface area contributed by atoms with Crippen LogP contribution >= 0.6 is 15.9 Å². The molecule has 1 nitrogen and oxygen atoms in total. The molecule has 22 heavy (non-hydrogen) atoms. The molecule has 0 aromatic heterocycles. The van der Waals surface area contributed by atoms with Gasteiger partial charge < -0.3 is 4.74 Å². The molecule has 0 N–H and O–H groups in total. The Bertz CT molecular complexity index is 531. The maximum atomic E-state index is 5.82. The Balaban J connectivity index is 1.74. The molecule has 0 spiro atoms. The molecule has 0 aliphatic heterocycles. The van der Waals surface area contributed by atoms with Crippen molar-refractivity contribution in [3.8, 4) is 16.9 Å². The van der Waals surface area contributed by atoms with Gasteiger partial charge in [0.05, 0.1) is 6.61 Å². The number of halogens is 1. The molecule has 0 saturated heterocycles. The fourth-order valence-corrected chi connectivity index (χ4v) is 2.72. The third kappa shape index (κ3) is 5.84. The van der Waals surface area contributed by atoms with Crippen molar-refractivity contribution in [2.45, 2.75) is 45.4 Å². The van der Waals surface area contributed by atoms with Crippen LogP contribution in [0.25, 0.3) is 11.1 Å². The lowest BCUT2D eigenvalue weighted by Crippen LogP contribution is -1.97. The van der Waals surface area contributed by atoms with Crippen LogP contribution in [0, 0.1) is 0 Å². The van der Waals surface area contributed by atoms with E-state index in [9.17, 15) is 0 Å². The van der Waals surface area contributed by atoms with Crippen molar-refractivity contribution >= 4 is 15.9 Å². The molecule has 0 heterocycles. The standard InChI is InChI=1S/C20H25BrO/c1-2-3-4-5-6-7-16-22-20-14-10-18(11-15-20)17-8-12-19(21)13-9-17/h8-15H,2-7,16H2,1H3. The van der Waals surface area contributed by atoms with Gasteiger partial charge in [0, 0.05) is 4.47 Å². The van der Waals surface area contributed by atoms with Gasteiger partial charge in [0.25, 0.3) is 0 Å². The minimum Gasteiger partial charge on any atom is -0.494 e. The number of benzene rings is 2. The monoisotopic (exact) mass is 360 g/mol. The van der Waals surface area contributed by atoms with E-state index in [0.29, 0.717) is 0 Å². The summed E-state index contributed by atoms with van der Waals surface area (Å²) in [6.07, 6.45) is 7.78. The van der Waals surface area contributed by atoms with Crippen LogP contribution in [0.3, 0.4) is 0 Å². The molecule has 0 atom stereocenters. The molecule has 0 amide bonds. The Morgan fingerprint density at radius 2 is 1.27 bits per heavy atom. The largest absolute Gasteiger partial charge is 0.494 e. The highest BCUT2D eigenvalue weighted by Crippen LogP contribution is 2.24. The molecule has 2 rings (SSSR count). The van der Waals surface area contributed by atoms with Crippen molar-refractivity contribution in [3.63, 3.8) is 0 Å². The first-order chi connectivity index (χ1) is 10.8. The van der Waals surface area contributed by atoms with E-state index in [1.54, 1.807) is 0 Å². The highest BCUT2D eigenvalue weighted by Gasteiger charge is 1.99. The molecule has 0 unspecified atom stereocenters. The van der Waals surface area contributed by atoms with Gasteiger partial charge in [-0.1, -0.05) is 79.2 Å². The number of hydrogen-bond donors (Lipinski definition) is 0. The lowest BCUT2D eigenvalue weighted by atomic mass is 10.1. The molecule has 2 aromatic carbocycles. The summed E-state index contributed by atoms with van der Waals surface area (Å²) in [5.41, 5.74) is 2.45. The first kappa shape index (κ1) is 17.1. The van der Waals surface area contributed by atoms with E-state index in [2.05, 4.69) is 71.4 Å². The van der Waals surface area contributed by atoms with Crippen LogP contribution in [0.15, 0.2) is 53.0 Å². The van der Waals surface area contributed by atoms with Crippen molar-refractivity contribution in [2.24, 2.45) is 0 Å². The predicted octanol–water partition coefficient (Wildman–Crippen LogP) is 6.86. The zero-order valence-corrected chi connectivity index (χ0v) is 14.9. The van der Waals surface area contributed by atoms with E-state index >= 15 is 0 Å². The van der Waals surface area contributed by atoms with Gasteiger partial charge in [-0.15, -0.1) is 0 Å². The summed E-state index contributed by atoms with van der Waals surface area (Å²) in [5, 5.41) is 0. The zero-order chi connectivity index (χ0) is 15.6. The van der Waals surface area contributed by atoms with Crippen LogP contribution in [0.5, 0.6) is 5.75 Å². The number of rotatable bonds is 9.